The molecule has 0 saturated carbocycles. The summed E-state index contributed by atoms with van der Waals surface area (Å²) >= 11 is 0. The Morgan fingerprint density at radius 1 is 0.933 bits per heavy atom. The molecule has 0 unspecified atom stereocenters. The van der Waals surface area contributed by atoms with E-state index in [2.05, 4.69) is 16.0 Å². The fourth-order valence-electron chi connectivity index (χ4n) is 2.60. The van der Waals surface area contributed by atoms with Gasteiger partial charge in [0.25, 0.3) is 5.91 Å². The van der Waals surface area contributed by atoms with Crippen LogP contribution in [0.5, 0.6) is 0 Å². The van der Waals surface area contributed by atoms with E-state index in [1.165, 1.54) is 0 Å². The summed E-state index contributed by atoms with van der Waals surface area (Å²) in [6.45, 7) is 4.82. The minimum absolute atomic E-state index is 0.0972. The molecular formula is C22H26N3O5. The van der Waals surface area contributed by atoms with Crippen molar-refractivity contribution in [3.05, 3.63) is 65.2 Å². The van der Waals surface area contributed by atoms with Crippen molar-refractivity contribution in [3.63, 3.8) is 0 Å². The zero-order chi connectivity index (χ0) is 22.1. The topological polar surface area (TPSA) is 116 Å². The highest BCUT2D eigenvalue weighted by molar-refractivity contribution is 5.95. The molecule has 0 fully saturated rings. The molecule has 3 amide bonds. The largest absolute Gasteiger partial charge is 0.444 e. The molecule has 30 heavy (non-hydrogen) atoms. The van der Waals surface area contributed by atoms with Crippen LogP contribution in [0.1, 0.15) is 42.3 Å². The summed E-state index contributed by atoms with van der Waals surface area (Å²) in [5.41, 5.74) is 1.76. The molecule has 2 aromatic carbocycles. The van der Waals surface area contributed by atoms with E-state index in [1.54, 1.807) is 63.2 Å². The summed E-state index contributed by atoms with van der Waals surface area (Å²) in [4.78, 5) is 35.7. The summed E-state index contributed by atoms with van der Waals surface area (Å²) in [5, 5.41) is 18.5. The molecule has 159 valence electrons. The molecule has 8 nitrogen and oxygen atoms in total. The van der Waals surface area contributed by atoms with Gasteiger partial charge in [-0.05, 0) is 50.1 Å². The van der Waals surface area contributed by atoms with Crippen LogP contribution < -0.4 is 16.0 Å². The van der Waals surface area contributed by atoms with E-state index in [-0.39, 0.29) is 19.0 Å². The molecule has 2 aromatic rings. The van der Waals surface area contributed by atoms with Gasteiger partial charge in [-0.15, -0.1) is 0 Å². The second-order valence-electron chi connectivity index (χ2n) is 7.59. The molecule has 3 N–H and O–H groups in total. The van der Waals surface area contributed by atoms with Gasteiger partial charge in [-0.1, -0.05) is 30.3 Å². The van der Waals surface area contributed by atoms with Crippen LogP contribution in [-0.4, -0.2) is 30.1 Å². The molecule has 1 radical (unpaired) electrons. The molecule has 2 rings (SSSR count). The third-order valence-electron chi connectivity index (χ3n) is 3.89. The minimum Gasteiger partial charge on any atom is -0.444 e. The van der Waals surface area contributed by atoms with Crippen LogP contribution in [0.4, 0.5) is 10.5 Å². The summed E-state index contributed by atoms with van der Waals surface area (Å²) in [6, 6.07) is 13.9. The molecule has 0 heterocycles. The molecule has 0 aromatic heterocycles. The Hall–Kier alpha value is -3.39. The van der Waals surface area contributed by atoms with Gasteiger partial charge in [-0.2, -0.15) is 0 Å². The number of benzene rings is 2. The zero-order valence-electron chi connectivity index (χ0n) is 17.3. The van der Waals surface area contributed by atoms with Crippen molar-refractivity contribution in [1.82, 2.24) is 10.6 Å². The average Bonchev–Trinajstić information content (AvgIpc) is 2.69. The van der Waals surface area contributed by atoms with Crippen molar-refractivity contribution in [2.75, 3.05) is 11.9 Å². The summed E-state index contributed by atoms with van der Waals surface area (Å²) in [6.07, 6.45) is -0.558. The summed E-state index contributed by atoms with van der Waals surface area (Å²) < 4.78 is 5.23. The number of amides is 3. The monoisotopic (exact) mass is 412 g/mol. The normalized spacial score (nSPS) is 10.8. The van der Waals surface area contributed by atoms with Crippen LogP contribution in [0, 0.1) is 0 Å². The smallest absolute Gasteiger partial charge is 0.412 e. The van der Waals surface area contributed by atoms with E-state index in [0.29, 0.717) is 16.8 Å². The van der Waals surface area contributed by atoms with E-state index in [9.17, 15) is 19.5 Å². The van der Waals surface area contributed by atoms with Crippen LogP contribution >= 0.6 is 0 Å². The van der Waals surface area contributed by atoms with Gasteiger partial charge < -0.3 is 15.4 Å². The van der Waals surface area contributed by atoms with Crippen molar-refractivity contribution in [2.45, 2.75) is 39.5 Å². The predicted molar refractivity (Wildman–Crippen MR) is 111 cm³/mol. The quantitative estimate of drug-likeness (QED) is 0.648. The number of ether oxygens (including phenoxy) is 1. The fraction of sp³-hybridized carbons (Fsp3) is 0.318. The number of rotatable bonds is 7. The molecule has 8 heteroatoms. The Bertz CT molecular complexity index is 906. The maximum Gasteiger partial charge on any atom is 0.412 e. The lowest BCUT2D eigenvalue weighted by Crippen LogP contribution is -2.28. The molecule has 0 aliphatic carbocycles. The van der Waals surface area contributed by atoms with E-state index in [1.807, 2.05) is 6.07 Å². The standard InChI is InChI=1S/C22H26N3O5/c1-22(2,3)30-21(29)25-17-9-6-7-15(11-17)12-24-20(28)18-10-5-4-8-16(18)13-23-19(27)14-26/h4-11H,12-14H2,1-3H3,(H,23,27)(H,24,28)(H,25,29). The summed E-state index contributed by atoms with van der Waals surface area (Å²) in [7, 11) is 0. The van der Waals surface area contributed by atoms with Gasteiger partial charge in [-0.25, -0.2) is 9.90 Å². The zero-order valence-corrected chi connectivity index (χ0v) is 17.3. The van der Waals surface area contributed by atoms with Crippen LogP contribution in [0.3, 0.4) is 0 Å². The highest BCUT2D eigenvalue weighted by Gasteiger charge is 2.16. The molecule has 0 aliphatic heterocycles. The van der Waals surface area contributed by atoms with E-state index in [0.717, 1.165) is 5.56 Å². The van der Waals surface area contributed by atoms with E-state index >= 15 is 0 Å². The molecule has 0 aliphatic rings. The lowest BCUT2D eigenvalue weighted by atomic mass is 10.1. The number of hydrogen-bond donors (Lipinski definition) is 3. The van der Waals surface area contributed by atoms with Crippen LogP contribution in [0.2, 0.25) is 0 Å². The molecule has 0 bridgehead atoms. The number of carbonyl (C=O) groups excluding carboxylic acids is 3. The first-order valence-electron chi connectivity index (χ1n) is 9.48. The SMILES string of the molecule is CC(C)(C)OC(=O)Nc1cccc(CNC(=O)c2ccccc2CNC(=O)C[O])c1. The minimum atomic E-state index is -0.859. The Morgan fingerprint density at radius 2 is 1.67 bits per heavy atom. The number of nitrogens with one attached hydrogen (secondary N) is 3. The van der Waals surface area contributed by atoms with Gasteiger partial charge in [0.15, 0.2) is 6.61 Å². The Kier molecular flexibility index (Phi) is 7.94. The van der Waals surface area contributed by atoms with Gasteiger partial charge in [-0.3, -0.25) is 14.9 Å². The van der Waals surface area contributed by atoms with Gasteiger partial charge >= 0.3 is 6.09 Å². The van der Waals surface area contributed by atoms with Crippen molar-refractivity contribution >= 4 is 23.6 Å². The van der Waals surface area contributed by atoms with Gasteiger partial charge in [0.05, 0.1) is 0 Å². The third kappa shape index (κ3) is 7.56. The van der Waals surface area contributed by atoms with Crippen LogP contribution in [0.15, 0.2) is 48.5 Å². The van der Waals surface area contributed by atoms with Crippen molar-refractivity contribution in [3.8, 4) is 0 Å². The molecule has 0 atom stereocenters. The first kappa shape index (κ1) is 22.9. The fourth-order valence-corrected chi connectivity index (χ4v) is 2.60. The first-order valence-corrected chi connectivity index (χ1v) is 9.48. The number of hydrogen-bond acceptors (Lipinski definition) is 4. The third-order valence-corrected chi connectivity index (χ3v) is 3.89. The van der Waals surface area contributed by atoms with E-state index < -0.39 is 24.2 Å². The Labute approximate surface area is 175 Å². The van der Waals surface area contributed by atoms with Gasteiger partial charge in [0, 0.05) is 24.3 Å². The van der Waals surface area contributed by atoms with Gasteiger partial charge in [0.2, 0.25) is 5.91 Å². The number of carbonyl (C=O) groups is 3. The Balaban J connectivity index is 1.98. The Morgan fingerprint density at radius 3 is 2.37 bits per heavy atom. The average molecular weight is 412 g/mol. The highest BCUT2D eigenvalue weighted by Crippen LogP contribution is 2.14. The van der Waals surface area contributed by atoms with Crippen molar-refractivity contribution in [2.24, 2.45) is 0 Å². The first-order chi connectivity index (χ1) is 14.2. The van der Waals surface area contributed by atoms with Crippen molar-refractivity contribution < 1.29 is 24.2 Å². The summed E-state index contributed by atoms with van der Waals surface area (Å²) in [5.74, 6) is -0.938. The molecule has 0 spiro atoms. The number of anilines is 1. The van der Waals surface area contributed by atoms with Crippen molar-refractivity contribution in [1.29, 1.82) is 0 Å². The van der Waals surface area contributed by atoms with Crippen LogP contribution in [-0.2, 0) is 27.7 Å². The maximum atomic E-state index is 12.6. The molecule has 0 saturated heterocycles. The lowest BCUT2D eigenvalue weighted by Gasteiger charge is -2.19. The highest BCUT2D eigenvalue weighted by atomic mass is 16.6. The van der Waals surface area contributed by atoms with E-state index in [4.69, 9.17) is 4.74 Å². The lowest BCUT2D eigenvalue weighted by molar-refractivity contribution is -0.125. The van der Waals surface area contributed by atoms with Crippen LogP contribution in [0.25, 0.3) is 0 Å². The second kappa shape index (κ2) is 10.4. The molecular weight excluding hydrogens is 386 g/mol. The van der Waals surface area contributed by atoms with Gasteiger partial charge in [0.1, 0.15) is 5.60 Å². The maximum absolute atomic E-state index is 12.6. The predicted octanol–water partition coefficient (Wildman–Crippen LogP) is 3.01. The second-order valence-corrected chi connectivity index (χ2v) is 7.59.